The number of rotatable bonds is 6. The van der Waals surface area contributed by atoms with Gasteiger partial charge < -0.3 is 21.3 Å². The summed E-state index contributed by atoms with van der Waals surface area (Å²) in [6, 6.07) is 4.32. The van der Waals surface area contributed by atoms with Gasteiger partial charge in [0.25, 0.3) is 5.91 Å². The number of aromatic nitrogens is 2. The van der Waals surface area contributed by atoms with E-state index in [9.17, 15) is 14.0 Å². The summed E-state index contributed by atoms with van der Waals surface area (Å²) in [5, 5.41) is 6.05. The molecule has 1 saturated heterocycles. The fourth-order valence-corrected chi connectivity index (χ4v) is 3.61. The van der Waals surface area contributed by atoms with Crippen LogP contribution in [0.25, 0.3) is 0 Å². The van der Waals surface area contributed by atoms with Crippen molar-refractivity contribution in [1.29, 1.82) is 0 Å². The number of carbonyl (C=O) groups excluding carboxylic acids is 2. The Hall–Kier alpha value is -3.75. The number of nitrogens with zero attached hydrogens (tertiary/aromatic N) is 3. The van der Waals surface area contributed by atoms with Crippen LogP contribution in [-0.4, -0.2) is 34.4 Å². The van der Waals surface area contributed by atoms with E-state index >= 15 is 0 Å². The molecule has 2 heterocycles. The van der Waals surface area contributed by atoms with Crippen LogP contribution in [0.4, 0.5) is 27.5 Å². The van der Waals surface area contributed by atoms with Gasteiger partial charge in [0.15, 0.2) is 0 Å². The zero-order valence-corrected chi connectivity index (χ0v) is 17.0. The van der Waals surface area contributed by atoms with Gasteiger partial charge in [-0.25, -0.2) is 9.37 Å². The second-order valence-electron chi connectivity index (χ2n) is 7.56. The molecule has 0 spiro atoms. The number of hydrogen-bond acceptors (Lipinski definition) is 6. The van der Waals surface area contributed by atoms with E-state index in [4.69, 9.17) is 5.73 Å². The molecule has 31 heavy (non-hydrogen) atoms. The predicted molar refractivity (Wildman–Crippen MR) is 117 cm³/mol. The third kappa shape index (κ3) is 4.40. The molecule has 2 amide bonds. The van der Waals surface area contributed by atoms with Gasteiger partial charge in [0.2, 0.25) is 11.9 Å². The highest BCUT2D eigenvalue weighted by Gasteiger charge is 2.23. The summed E-state index contributed by atoms with van der Waals surface area (Å²) in [6.07, 6.45) is 10.4. The second kappa shape index (κ2) is 8.55. The van der Waals surface area contributed by atoms with Crippen LogP contribution in [-0.2, 0) is 4.79 Å². The minimum Gasteiger partial charge on any atom is -0.365 e. The van der Waals surface area contributed by atoms with Crippen LogP contribution in [0.15, 0.2) is 48.7 Å². The summed E-state index contributed by atoms with van der Waals surface area (Å²) < 4.78 is 14.4. The molecule has 0 radical (unpaired) electrons. The van der Waals surface area contributed by atoms with Crippen molar-refractivity contribution in [3.8, 4) is 0 Å². The summed E-state index contributed by atoms with van der Waals surface area (Å²) in [5.74, 6) is -0.648. The highest BCUT2D eigenvalue weighted by molar-refractivity contribution is 5.97. The third-order valence-corrected chi connectivity index (χ3v) is 5.35. The lowest BCUT2D eigenvalue weighted by molar-refractivity contribution is -0.117. The Balaban J connectivity index is 1.61. The van der Waals surface area contributed by atoms with Gasteiger partial charge in [-0.15, -0.1) is 0 Å². The Labute approximate surface area is 179 Å². The van der Waals surface area contributed by atoms with E-state index in [2.05, 4.69) is 20.6 Å². The molecule has 1 aliphatic heterocycles. The van der Waals surface area contributed by atoms with E-state index in [1.165, 1.54) is 12.3 Å². The number of benzene rings is 1. The van der Waals surface area contributed by atoms with E-state index in [-0.39, 0.29) is 40.9 Å². The van der Waals surface area contributed by atoms with Gasteiger partial charge in [-0.3, -0.25) is 9.59 Å². The van der Waals surface area contributed by atoms with Gasteiger partial charge in [-0.2, -0.15) is 4.98 Å². The fourth-order valence-electron chi connectivity index (χ4n) is 3.61. The standard InChI is InChI=1S/C22H23FN6O2/c1-13-5-2-3-6-17(13)26-21-15(20(24)31)12-25-22(28-21)27-18-11-14(8-9-16(18)23)29-10-4-7-19(29)30/h2-3,5-6,8-9,11-13,17H,4,7,10H2,1H3,(H2,24,31)(H2,25,26,27,28). The van der Waals surface area contributed by atoms with Gasteiger partial charge >= 0.3 is 0 Å². The molecular weight excluding hydrogens is 399 g/mol. The largest absolute Gasteiger partial charge is 0.365 e. The smallest absolute Gasteiger partial charge is 0.254 e. The number of hydrogen-bond donors (Lipinski definition) is 3. The Bertz CT molecular complexity index is 1080. The molecule has 160 valence electrons. The monoisotopic (exact) mass is 422 g/mol. The fraction of sp³-hybridized carbons (Fsp3) is 0.273. The molecule has 0 saturated carbocycles. The van der Waals surface area contributed by atoms with E-state index in [1.54, 1.807) is 17.0 Å². The lowest BCUT2D eigenvalue weighted by atomic mass is 9.97. The highest BCUT2D eigenvalue weighted by Crippen LogP contribution is 2.28. The molecular formula is C22H23FN6O2. The van der Waals surface area contributed by atoms with Crippen LogP contribution in [0.2, 0.25) is 0 Å². The highest BCUT2D eigenvalue weighted by atomic mass is 19.1. The maximum Gasteiger partial charge on any atom is 0.254 e. The zero-order valence-electron chi connectivity index (χ0n) is 17.0. The molecule has 8 nitrogen and oxygen atoms in total. The maximum atomic E-state index is 14.4. The number of amides is 2. The second-order valence-corrected chi connectivity index (χ2v) is 7.56. The topological polar surface area (TPSA) is 113 Å². The Morgan fingerprint density at radius 2 is 2.10 bits per heavy atom. The Kier molecular flexibility index (Phi) is 5.66. The van der Waals surface area contributed by atoms with E-state index in [0.717, 1.165) is 6.42 Å². The lowest BCUT2D eigenvalue weighted by Crippen LogP contribution is -2.28. The first-order chi connectivity index (χ1) is 14.9. The van der Waals surface area contributed by atoms with Crippen molar-refractivity contribution < 1.29 is 14.0 Å². The molecule has 0 bridgehead atoms. The molecule has 1 fully saturated rings. The molecule has 1 aromatic carbocycles. The number of carbonyl (C=O) groups is 2. The number of allylic oxidation sites excluding steroid dienone is 2. The summed E-state index contributed by atoms with van der Waals surface area (Å²) in [5.41, 5.74) is 6.34. The molecule has 2 unspecified atom stereocenters. The van der Waals surface area contributed by atoms with Crippen LogP contribution in [0.5, 0.6) is 0 Å². The van der Waals surface area contributed by atoms with Gasteiger partial charge in [-0.05, 0) is 30.5 Å². The van der Waals surface area contributed by atoms with E-state index < -0.39 is 11.7 Å². The van der Waals surface area contributed by atoms with Gasteiger partial charge in [0.1, 0.15) is 11.6 Å². The number of anilines is 4. The first-order valence-corrected chi connectivity index (χ1v) is 10.1. The van der Waals surface area contributed by atoms with Crippen LogP contribution < -0.4 is 21.3 Å². The van der Waals surface area contributed by atoms with Crippen LogP contribution >= 0.6 is 0 Å². The summed E-state index contributed by atoms with van der Waals surface area (Å²) in [4.78, 5) is 34.0. The van der Waals surface area contributed by atoms with E-state index in [1.807, 2.05) is 31.2 Å². The van der Waals surface area contributed by atoms with Crippen LogP contribution in [0.1, 0.15) is 30.1 Å². The molecule has 9 heteroatoms. The van der Waals surface area contributed by atoms with Crippen molar-refractivity contribution in [3.63, 3.8) is 0 Å². The quantitative estimate of drug-likeness (QED) is 0.659. The third-order valence-electron chi connectivity index (χ3n) is 5.35. The first kappa shape index (κ1) is 20.5. The van der Waals surface area contributed by atoms with Crippen molar-refractivity contribution in [2.24, 2.45) is 11.7 Å². The van der Waals surface area contributed by atoms with Gasteiger partial charge in [0.05, 0.1) is 17.3 Å². The van der Waals surface area contributed by atoms with Crippen molar-refractivity contribution >= 4 is 35.0 Å². The van der Waals surface area contributed by atoms with Gasteiger partial charge in [0, 0.05) is 24.8 Å². The summed E-state index contributed by atoms with van der Waals surface area (Å²) >= 11 is 0. The summed E-state index contributed by atoms with van der Waals surface area (Å²) in [7, 11) is 0. The molecule has 1 aliphatic carbocycles. The zero-order chi connectivity index (χ0) is 22.0. The average molecular weight is 422 g/mol. The molecule has 4 rings (SSSR count). The minimum absolute atomic E-state index is 0.00908. The normalized spacial score (nSPS) is 20.2. The number of nitrogens with one attached hydrogen (secondary N) is 2. The van der Waals surface area contributed by atoms with Crippen molar-refractivity contribution in [1.82, 2.24) is 9.97 Å². The number of nitrogens with two attached hydrogens (primary N) is 1. The van der Waals surface area contributed by atoms with Gasteiger partial charge in [-0.1, -0.05) is 31.2 Å². The number of halogens is 1. The first-order valence-electron chi connectivity index (χ1n) is 10.1. The molecule has 4 N–H and O–H groups in total. The molecule has 2 aromatic rings. The Morgan fingerprint density at radius 3 is 2.81 bits per heavy atom. The number of primary amides is 1. The van der Waals surface area contributed by atoms with Crippen LogP contribution in [0.3, 0.4) is 0 Å². The lowest BCUT2D eigenvalue weighted by Gasteiger charge is -2.23. The SMILES string of the molecule is CC1C=CC=CC1Nc1nc(Nc2cc(N3CCCC3=O)ccc2F)ncc1C(N)=O. The predicted octanol–water partition coefficient (Wildman–Crippen LogP) is 3.13. The molecule has 2 aliphatic rings. The van der Waals surface area contributed by atoms with Crippen LogP contribution in [0, 0.1) is 11.7 Å². The minimum atomic E-state index is -0.669. The molecule has 2 atom stereocenters. The van der Waals surface area contributed by atoms with Crippen molar-refractivity contribution in [3.05, 3.63) is 60.1 Å². The maximum absolute atomic E-state index is 14.4. The van der Waals surface area contributed by atoms with E-state index in [0.29, 0.717) is 18.7 Å². The molecule has 1 aromatic heterocycles. The Morgan fingerprint density at radius 1 is 1.29 bits per heavy atom. The van der Waals surface area contributed by atoms with Crippen molar-refractivity contribution in [2.45, 2.75) is 25.8 Å². The summed E-state index contributed by atoms with van der Waals surface area (Å²) in [6.45, 7) is 2.63. The average Bonchev–Trinajstić information content (AvgIpc) is 3.17. The van der Waals surface area contributed by atoms with Crippen molar-refractivity contribution in [2.75, 3.05) is 22.1 Å².